The SMILES string of the molecule is O=C(Nc1cccc(F)c1F)c1cc(F)cnc1Cl. The van der Waals surface area contributed by atoms with Crippen LogP contribution in [-0.4, -0.2) is 10.9 Å². The molecular weight excluding hydrogens is 281 g/mol. The summed E-state index contributed by atoms with van der Waals surface area (Å²) in [7, 11) is 0. The molecular formula is C12H6ClF3N2O. The van der Waals surface area contributed by atoms with Crippen LogP contribution < -0.4 is 5.32 Å². The standard InChI is InChI=1S/C12H6ClF3N2O/c13-11-7(4-6(14)5-17-11)12(19)18-9-3-1-2-8(15)10(9)16/h1-5H,(H,18,19). The minimum Gasteiger partial charge on any atom is -0.319 e. The van der Waals surface area contributed by atoms with Crippen LogP contribution in [-0.2, 0) is 0 Å². The number of benzene rings is 1. The summed E-state index contributed by atoms with van der Waals surface area (Å²) in [5, 5.41) is 1.85. The quantitative estimate of drug-likeness (QED) is 0.860. The van der Waals surface area contributed by atoms with Crippen molar-refractivity contribution in [1.29, 1.82) is 0 Å². The van der Waals surface area contributed by atoms with Gasteiger partial charge in [0.1, 0.15) is 11.0 Å². The fourth-order valence-electron chi connectivity index (χ4n) is 1.37. The molecule has 0 fully saturated rings. The van der Waals surface area contributed by atoms with Crippen LogP contribution in [0.25, 0.3) is 0 Å². The second-order valence-electron chi connectivity index (χ2n) is 3.55. The van der Waals surface area contributed by atoms with Crippen LogP contribution in [0.3, 0.4) is 0 Å². The number of carbonyl (C=O) groups excluding carboxylic acids is 1. The van der Waals surface area contributed by atoms with Gasteiger partial charge in [-0.1, -0.05) is 17.7 Å². The molecule has 1 aromatic heterocycles. The summed E-state index contributed by atoms with van der Waals surface area (Å²) in [5.74, 6) is -3.98. The molecule has 0 radical (unpaired) electrons. The third-order valence-electron chi connectivity index (χ3n) is 2.25. The topological polar surface area (TPSA) is 42.0 Å². The summed E-state index contributed by atoms with van der Waals surface area (Å²) in [6.07, 6.45) is 0.835. The number of nitrogens with zero attached hydrogens (tertiary/aromatic N) is 1. The molecule has 2 rings (SSSR count). The van der Waals surface area contributed by atoms with Crippen molar-refractivity contribution in [3.8, 4) is 0 Å². The maximum atomic E-state index is 13.3. The lowest BCUT2D eigenvalue weighted by molar-refractivity contribution is 0.102. The molecule has 98 valence electrons. The molecule has 0 bridgehead atoms. The third kappa shape index (κ3) is 2.85. The highest BCUT2D eigenvalue weighted by molar-refractivity contribution is 6.33. The zero-order valence-electron chi connectivity index (χ0n) is 9.25. The minimum atomic E-state index is -1.21. The van der Waals surface area contributed by atoms with E-state index in [1.165, 1.54) is 6.07 Å². The maximum absolute atomic E-state index is 13.3. The predicted octanol–water partition coefficient (Wildman–Crippen LogP) is 3.40. The van der Waals surface area contributed by atoms with Gasteiger partial charge in [-0.2, -0.15) is 0 Å². The fraction of sp³-hybridized carbons (Fsp3) is 0. The molecule has 0 saturated carbocycles. The van der Waals surface area contributed by atoms with E-state index in [9.17, 15) is 18.0 Å². The number of hydrogen-bond donors (Lipinski definition) is 1. The van der Waals surface area contributed by atoms with Gasteiger partial charge >= 0.3 is 0 Å². The number of carbonyl (C=O) groups is 1. The largest absolute Gasteiger partial charge is 0.319 e. The smallest absolute Gasteiger partial charge is 0.258 e. The van der Waals surface area contributed by atoms with Crippen molar-refractivity contribution in [2.24, 2.45) is 0 Å². The molecule has 0 unspecified atom stereocenters. The van der Waals surface area contributed by atoms with Crippen LogP contribution in [0.15, 0.2) is 30.5 Å². The van der Waals surface area contributed by atoms with E-state index in [1.807, 2.05) is 0 Å². The molecule has 1 aromatic carbocycles. The molecule has 19 heavy (non-hydrogen) atoms. The Hall–Kier alpha value is -2.08. The fourth-order valence-corrected chi connectivity index (χ4v) is 1.56. The molecule has 1 amide bonds. The number of hydrogen-bond acceptors (Lipinski definition) is 2. The van der Waals surface area contributed by atoms with E-state index in [-0.39, 0.29) is 16.4 Å². The van der Waals surface area contributed by atoms with Gasteiger partial charge in [0.05, 0.1) is 17.4 Å². The Morgan fingerprint density at radius 3 is 2.74 bits per heavy atom. The molecule has 0 aliphatic rings. The van der Waals surface area contributed by atoms with Crippen molar-refractivity contribution in [2.45, 2.75) is 0 Å². The summed E-state index contributed by atoms with van der Waals surface area (Å²) in [5.41, 5.74) is -0.643. The summed E-state index contributed by atoms with van der Waals surface area (Å²) < 4.78 is 39.3. The summed E-state index contributed by atoms with van der Waals surface area (Å²) >= 11 is 5.62. The van der Waals surface area contributed by atoms with Crippen molar-refractivity contribution < 1.29 is 18.0 Å². The zero-order valence-corrected chi connectivity index (χ0v) is 10.0. The van der Waals surface area contributed by atoms with E-state index in [4.69, 9.17) is 11.6 Å². The Labute approximate surface area is 111 Å². The first kappa shape index (κ1) is 13.4. The average Bonchev–Trinajstić information content (AvgIpc) is 2.38. The Balaban J connectivity index is 2.31. The molecule has 2 aromatic rings. The van der Waals surface area contributed by atoms with Crippen LogP contribution in [0.1, 0.15) is 10.4 Å². The van der Waals surface area contributed by atoms with Crippen LogP contribution >= 0.6 is 11.6 Å². The van der Waals surface area contributed by atoms with Gasteiger partial charge in [-0.15, -0.1) is 0 Å². The van der Waals surface area contributed by atoms with Crippen LogP contribution in [0.5, 0.6) is 0 Å². The summed E-state index contributed by atoms with van der Waals surface area (Å²) in [6, 6.07) is 4.14. The highest BCUT2D eigenvalue weighted by atomic mass is 35.5. The molecule has 1 heterocycles. The Morgan fingerprint density at radius 1 is 1.26 bits per heavy atom. The maximum Gasteiger partial charge on any atom is 0.258 e. The van der Waals surface area contributed by atoms with Gasteiger partial charge in [0.15, 0.2) is 11.6 Å². The average molecular weight is 287 g/mol. The number of nitrogens with one attached hydrogen (secondary N) is 1. The first-order valence-corrected chi connectivity index (χ1v) is 5.43. The van der Waals surface area contributed by atoms with E-state index in [2.05, 4.69) is 10.3 Å². The molecule has 1 N–H and O–H groups in total. The van der Waals surface area contributed by atoms with Crippen molar-refractivity contribution in [3.63, 3.8) is 0 Å². The van der Waals surface area contributed by atoms with Crippen molar-refractivity contribution in [1.82, 2.24) is 4.98 Å². The molecule has 0 aliphatic carbocycles. The lowest BCUT2D eigenvalue weighted by Gasteiger charge is -2.07. The van der Waals surface area contributed by atoms with Gasteiger partial charge in [0, 0.05) is 0 Å². The van der Waals surface area contributed by atoms with Crippen LogP contribution in [0.4, 0.5) is 18.9 Å². The van der Waals surface area contributed by atoms with Gasteiger partial charge in [0.25, 0.3) is 5.91 Å². The van der Waals surface area contributed by atoms with E-state index in [1.54, 1.807) is 0 Å². The predicted molar refractivity (Wildman–Crippen MR) is 63.5 cm³/mol. The molecule has 0 atom stereocenters. The van der Waals surface area contributed by atoms with Crippen molar-refractivity contribution in [2.75, 3.05) is 5.32 Å². The molecule has 0 saturated heterocycles. The Kier molecular flexibility index (Phi) is 3.71. The van der Waals surface area contributed by atoms with E-state index in [0.717, 1.165) is 24.4 Å². The van der Waals surface area contributed by atoms with Gasteiger partial charge in [-0.3, -0.25) is 4.79 Å². The lowest BCUT2D eigenvalue weighted by Crippen LogP contribution is -2.14. The van der Waals surface area contributed by atoms with Crippen molar-refractivity contribution in [3.05, 3.63) is 58.6 Å². The van der Waals surface area contributed by atoms with Crippen LogP contribution in [0.2, 0.25) is 5.15 Å². The summed E-state index contributed by atoms with van der Waals surface area (Å²) in [4.78, 5) is 15.2. The number of anilines is 1. The van der Waals surface area contributed by atoms with E-state index in [0.29, 0.717) is 0 Å². The molecule has 3 nitrogen and oxygen atoms in total. The molecule has 0 aliphatic heterocycles. The highest BCUT2D eigenvalue weighted by Gasteiger charge is 2.16. The third-order valence-corrected chi connectivity index (χ3v) is 2.55. The second kappa shape index (κ2) is 5.27. The van der Waals surface area contributed by atoms with Crippen molar-refractivity contribution >= 4 is 23.2 Å². The van der Waals surface area contributed by atoms with E-state index >= 15 is 0 Å². The lowest BCUT2D eigenvalue weighted by atomic mass is 10.2. The van der Waals surface area contributed by atoms with Gasteiger partial charge in [-0.05, 0) is 18.2 Å². The Morgan fingerprint density at radius 2 is 2.00 bits per heavy atom. The number of amides is 1. The second-order valence-corrected chi connectivity index (χ2v) is 3.91. The Bertz CT molecular complexity index is 649. The zero-order chi connectivity index (χ0) is 14.0. The monoisotopic (exact) mass is 286 g/mol. The number of rotatable bonds is 2. The number of halogens is 4. The molecule has 0 spiro atoms. The number of pyridine rings is 1. The number of aromatic nitrogens is 1. The molecule has 7 heteroatoms. The summed E-state index contributed by atoms with van der Waals surface area (Å²) in [6.45, 7) is 0. The van der Waals surface area contributed by atoms with Gasteiger partial charge in [-0.25, -0.2) is 18.2 Å². The van der Waals surface area contributed by atoms with Gasteiger partial charge < -0.3 is 5.32 Å². The van der Waals surface area contributed by atoms with E-state index < -0.39 is 23.4 Å². The van der Waals surface area contributed by atoms with Gasteiger partial charge in [0.2, 0.25) is 0 Å². The highest BCUT2D eigenvalue weighted by Crippen LogP contribution is 2.20. The first-order chi connectivity index (χ1) is 8.99. The minimum absolute atomic E-state index is 0.240. The normalized spacial score (nSPS) is 10.3. The van der Waals surface area contributed by atoms with Crippen LogP contribution in [0, 0.1) is 17.5 Å². The first-order valence-electron chi connectivity index (χ1n) is 5.05.